The van der Waals surface area contributed by atoms with Crippen molar-refractivity contribution in [1.29, 1.82) is 0 Å². The SMILES string of the molecule is Cc1cc(C)c(CC2CN(c3cccc(C(=O)c4cccnc4C)n3)CCN2)c(C)c1. The summed E-state index contributed by atoms with van der Waals surface area (Å²) in [6.45, 7) is 11.0. The molecule has 0 bridgehead atoms. The Morgan fingerprint density at radius 3 is 2.61 bits per heavy atom. The number of ketones is 1. The molecule has 1 aliphatic heterocycles. The van der Waals surface area contributed by atoms with Crippen molar-refractivity contribution in [2.45, 2.75) is 40.2 Å². The first-order valence-electron chi connectivity index (χ1n) is 10.9. The summed E-state index contributed by atoms with van der Waals surface area (Å²) >= 11 is 0. The average molecular weight is 415 g/mol. The number of benzene rings is 1. The predicted molar refractivity (Wildman–Crippen MR) is 125 cm³/mol. The van der Waals surface area contributed by atoms with Crippen molar-refractivity contribution in [2.24, 2.45) is 0 Å². The van der Waals surface area contributed by atoms with Crippen LogP contribution in [0.25, 0.3) is 0 Å². The number of rotatable bonds is 5. The van der Waals surface area contributed by atoms with E-state index < -0.39 is 0 Å². The zero-order valence-corrected chi connectivity index (χ0v) is 18.8. The zero-order valence-electron chi connectivity index (χ0n) is 18.8. The van der Waals surface area contributed by atoms with Crippen LogP contribution in [0.3, 0.4) is 0 Å². The van der Waals surface area contributed by atoms with Gasteiger partial charge in [-0.05, 0) is 75.1 Å². The van der Waals surface area contributed by atoms with Crippen LogP contribution in [-0.2, 0) is 6.42 Å². The first-order valence-corrected chi connectivity index (χ1v) is 10.9. The molecule has 1 fully saturated rings. The van der Waals surface area contributed by atoms with Gasteiger partial charge in [0.25, 0.3) is 0 Å². The molecule has 1 unspecified atom stereocenters. The van der Waals surface area contributed by atoms with Crippen molar-refractivity contribution in [3.05, 3.63) is 87.9 Å². The van der Waals surface area contributed by atoms with E-state index >= 15 is 0 Å². The Bertz CT molecular complexity index is 1090. The molecule has 0 amide bonds. The maximum atomic E-state index is 13.0. The summed E-state index contributed by atoms with van der Waals surface area (Å²) in [5, 5.41) is 3.66. The van der Waals surface area contributed by atoms with E-state index in [0.717, 1.165) is 37.6 Å². The van der Waals surface area contributed by atoms with Crippen molar-refractivity contribution in [3.8, 4) is 0 Å². The van der Waals surface area contributed by atoms with Crippen LogP contribution < -0.4 is 10.2 Å². The molecule has 0 aliphatic carbocycles. The minimum absolute atomic E-state index is 0.0787. The fraction of sp³-hybridized carbons (Fsp3) is 0.346. The second-order valence-corrected chi connectivity index (χ2v) is 8.52. The zero-order chi connectivity index (χ0) is 22.0. The lowest BCUT2D eigenvalue weighted by atomic mass is 9.93. The van der Waals surface area contributed by atoms with Gasteiger partial charge >= 0.3 is 0 Å². The van der Waals surface area contributed by atoms with E-state index in [9.17, 15) is 4.79 Å². The molecule has 5 nitrogen and oxygen atoms in total. The molecular formula is C26H30N4O. The summed E-state index contributed by atoms with van der Waals surface area (Å²) < 4.78 is 0. The molecule has 0 radical (unpaired) electrons. The molecule has 4 rings (SSSR count). The Labute approximate surface area is 184 Å². The quantitative estimate of drug-likeness (QED) is 0.641. The van der Waals surface area contributed by atoms with Gasteiger partial charge in [-0.25, -0.2) is 4.98 Å². The normalized spacial score (nSPS) is 16.4. The molecule has 31 heavy (non-hydrogen) atoms. The second-order valence-electron chi connectivity index (χ2n) is 8.52. The molecule has 1 aromatic carbocycles. The summed E-state index contributed by atoms with van der Waals surface area (Å²) in [5.74, 6) is 0.779. The number of hydrogen-bond donors (Lipinski definition) is 1. The van der Waals surface area contributed by atoms with E-state index in [1.165, 1.54) is 22.3 Å². The van der Waals surface area contributed by atoms with Gasteiger partial charge in [-0.15, -0.1) is 0 Å². The molecule has 1 atom stereocenters. The third-order valence-electron chi connectivity index (χ3n) is 6.09. The Kier molecular flexibility index (Phi) is 6.14. The molecule has 1 N–H and O–H groups in total. The first-order chi connectivity index (χ1) is 14.9. The number of aryl methyl sites for hydroxylation is 4. The first kappa shape index (κ1) is 21.2. The lowest BCUT2D eigenvalue weighted by Gasteiger charge is -2.35. The lowest BCUT2D eigenvalue weighted by molar-refractivity contribution is 0.103. The van der Waals surface area contributed by atoms with Crippen LogP contribution in [0.15, 0.2) is 48.7 Å². The highest BCUT2D eigenvalue weighted by molar-refractivity contribution is 6.08. The molecule has 3 aromatic rings. The number of carbonyl (C=O) groups is 1. The van der Waals surface area contributed by atoms with Crippen molar-refractivity contribution in [3.63, 3.8) is 0 Å². The highest BCUT2D eigenvalue weighted by atomic mass is 16.1. The number of pyridine rings is 2. The van der Waals surface area contributed by atoms with Gasteiger partial charge in [-0.2, -0.15) is 0 Å². The topological polar surface area (TPSA) is 58.1 Å². The van der Waals surface area contributed by atoms with Crippen LogP contribution in [0, 0.1) is 27.7 Å². The van der Waals surface area contributed by atoms with E-state index in [1.54, 1.807) is 18.3 Å². The van der Waals surface area contributed by atoms with Gasteiger partial charge in [0.15, 0.2) is 0 Å². The number of nitrogens with one attached hydrogen (secondary N) is 1. The van der Waals surface area contributed by atoms with Gasteiger partial charge in [0.2, 0.25) is 5.78 Å². The molecule has 5 heteroatoms. The summed E-state index contributed by atoms with van der Waals surface area (Å²) in [6.07, 6.45) is 2.69. The number of anilines is 1. The van der Waals surface area contributed by atoms with Crippen molar-refractivity contribution >= 4 is 11.6 Å². The van der Waals surface area contributed by atoms with Gasteiger partial charge in [0, 0.05) is 43.1 Å². The Morgan fingerprint density at radius 1 is 1.10 bits per heavy atom. The lowest BCUT2D eigenvalue weighted by Crippen LogP contribution is -2.52. The maximum absolute atomic E-state index is 13.0. The number of hydrogen-bond acceptors (Lipinski definition) is 5. The fourth-order valence-corrected chi connectivity index (χ4v) is 4.54. The molecule has 1 aliphatic rings. The number of piperazine rings is 1. The summed E-state index contributed by atoms with van der Waals surface area (Å²) in [6, 6.07) is 14.2. The molecule has 3 heterocycles. The third-order valence-corrected chi connectivity index (χ3v) is 6.09. The van der Waals surface area contributed by atoms with E-state index in [2.05, 4.69) is 48.1 Å². The molecule has 2 aromatic heterocycles. The maximum Gasteiger partial charge on any atom is 0.213 e. The Hall–Kier alpha value is -3.05. The molecule has 0 spiro atoms. The van der Waals surface area contributed by atoms with Crippen molar-refractivity contribution in [1.82, 2.24) is 15.3 Å². The molecule has 1 saturated heterocycles. The smallest absolute Gasteiger partial charge is 0.213 e. The monoisotopic (exact) mass is 414 g/mol. The van der Waals surface area contributed by atoms with Crippen LogP contribution in [0.5, 0.6) is 0 Å². The predicted octanol–water partition coefficient (Wildman–Crippen LogP) is 3.96. The van der Waals surface area contributed by atoms with Crippen molar-refractivity contribution < 1.29 is 4.79 Å². The van der Waals surface area contributed by atoms with E-state index in [4.69, 9.17) is 4.98 Å². The van der Waals surface area contributed by atoms with Crippen LogP contribution in [0.4, 0.5) is 5.82 Å². The molecule has 160 valence electrons. The average Bonchev–Trinajstić information content (AvgIpc) is 2.76. The third kappa shape index (κ3) is 4.67. The van der Waals surface area contributed by atoms with Crippen LogP contribution >= 0.6 is 0 Å². The minimum Gasteiger partial charge on any atom is -0.354 e. The number of carbonyl (C=O) groups excluding carboxylic acids is 1. The summed E-state index contributed by atoms with van der Waals surface area (Å²) in [5.41, 5.74) is 7.25. The van der Waals surface area contributed by atoms with E-state index in [1.807, 2.05) is 25.1 Å². The van der Waals surface area contributed by atoms with Crippen LogP contribution in [-0.4, -0.2) is 41.4 Å². The van der Waals surface area contributed by atoms with Gasteiger partial charge in [0.05, 0.1) is 0 Å². The summed E-state index contributed by atoms with van der Waals surface area (Å²) in [4.78, 5) is 24.2. The largest absolute Gasteiger partial charge is 0.354 e. The highest BCUT2D eigenvalue weighted by Gasteiger charge is 2.23. The van der Waals surface area contributed by atoms with Crippen LogP contribution in [0.1, 0.15) is 44.0 Å². The highest BCUT2D eigenvalue weighted by Crippen LogP contribution is 2.21. The van der Waals surface area contributed by atoms with Gasteiger partial charge in [-0.3, -0.25) is 9.78 Å². The minimum atomic E-state index is -0.0787. The Morgan fingerprint density at radius 2 is 1.87 bits per heavy atom. The van der Waals surface area contributed by atoms with E-state index in [0.29, 0.717) is 17.3 Å². The summed E-state index contributed by atoms with van der Waals surface area (Å²) in [7, 11) is 0. The number of nitrogens with zero attached hydrogens (tertiary/aromatic N) is 3. The fourth-order valence-electron chi connectivity index (χ4n) is 4.54. The standard InChI is InChI=1S/C26H30N4O/c1-17-13-18(2)23(19(3)14-17)15-21-16-30(12-11-28-21)25-9-5-8-24(29-25)26(31)22-7-6-10-27-20(22)4/h5-10,13-14,21,28H,11-12,15-16H2,1-4H3. The van der Waals surface area contributed by atoms with E-state index in [-0.39, 0.29) is 5.78 Å². The number of aromatic nitrogens is 2. The van der Waals surface area contributed by atoms with Crippen LogP contribution in [0.2, 0.25) is 0 Å². The van der Waals surface area contributed by atoms with Gasteiger partial charge in [0.1, 0.15) is 11.5 Å². The van der Waals surface area contributed by atoms with Gasteiger partial charge < -0.3 is 10.2 Å². The molecule has 0 saturated carbocycles. The van der Waals surface area contributed by atoms with Gasteiger partial charge in [-0.1, -0.05) is 23.8 Å². The Balaban J connectivity index is 1.52. The second kappa shape index (κ2) is 8.98. The van der Waals surface area contributed by atoms with Crippen molar-refractivity contribution in [2.75, 3.05) is 24.5 Å². The molecular weight excluding hydrogens is 384 g/mol.